The molecule has 0 saturated heterocycles. The molecule has 0 aliphatic rings. The van der Waals surface area contributed by atoms with Crippen LogP contribution in [0, 0.1) is 6.92 Å². The van der Waals surface area contributed by atoms with Gasteiger partial charge in [0, 0.05) is 6.07 Å². The largest absolute Gasteiger partial charge is 0.368 e. The smallest absolute Gasteiger partial charge is 0.330 e. The minimum absolute atomic E-state index is 0.0524. The number of H-pyrrole nitrogens is 1. The van der Waals surface area contributed by atoms with Gasteiger partial charge in [-0.25, -0.2) is 9.78 Å². The molecule has 3 heterocycles. The third-order valence-electron chi connectivity index (χ3n) is 3.08. The van der Waals surface area contributed by atoms with E-state index in [9.17, 15) is 14.4 Å². The lowest BCUT2D eigenvalue weighted by molar-refractivity contribution is -0.118. The summed E-state index contributed by atoms with van der Waals surface area (Å²) >= 11 is 0. The van der Waals surface area contributed by atoms with Gasteiger partial charge in [0.2, 0.25) is 5.91 Å². The van der Waals surface area contributed by atoms with Crippen LogP contribution in [0.5, 0.6) is 0 Å². The Morgan fingerprint density at radius 1 is 1.45 bits per heavy atom. The van der Waals surface area contributed by atoms with Crippen LogP contribution in [0.3, 0.4) is 0 Å². The Morgan fingerprint density at radius 2 is 2.23 bits per heavy atom. The molecule has 3 aromatic heterocycles. The Hall–Kier alpha value is -3.17. The lowest BCUT2D eigenvalue weighted by Gasteiger charge is -2.04. The van der Waals surface area contributed by atoms with E-state index in [1.54, 1.807) is 13.0 Å². The van der Waals surface area contributed by atoms with Gasteiger partial charge in [0.15, 0.2) is 11.2 Å². The highest BCUT2D eigenvalue weighted by Crippen LogP contribution is 2.05. The molecular formula is C12H12N6O4. The Kier molecular flexibility index (Phi) is 3.13. The van der Waals surface area contributed by atoms with E-state index in [-0.39, 0.29) is 24.3 Å². The van der Waals surface area contributed by atoms with Crippen molar-refractivity contribution < 1.29 is 9.32 Å². The molecule has 0 atom stereocenters. The summed E-state index contributed by atoms with van der Waals surface area (Å²) < 4.78 is 7.16. The predicted molar refractivity (Wildman–Crippen MR) is 74.2 cm³/mol. The minimum atomic E-state index is -0.623. The van der Waals surface area contributed by atoms with Crippen LogP contribution in [0.1, 0.15) is 11.5 Å². The van der Waals surface area contributed by atoms with Gasteiger partial charge in [-0.3, -0.25) is 19.1 Å². The van der Waals surface area contributed by atoms with Crippen molar-refractivity contribution in [2.45, 2.75) is 20.0 Å². The molecule has 10 nitrogen and oxygen atoms in total. The number of hydrogen-bond donors (Lipinski definition) is 2. The maximum Gasteiger partial charge on any atom is 0.330 e. The standard InChI is InChI=1S/C12H12N6O4/c1-6-2-7(16-22-6)3-18-11(20)9-10(15-12(18)21)14-5-17(9)4-8(13)19/h2,5H,3-4H2,1H3,(H2,13,19)(H,15,21). The second-order valence-corrected chi connectivity index (χ2v) is 4.79. The zero-order valence-electron chi connectivity index (χ0n) is 11.6. The lowest BCUT2D eigenvalue weighted by Crippen LogP contribution is -2.36. The van der Waals surface area contributed by atoms with E-state index in [1.807, 2.05) is 0 Å². The maximum atomic E-state index is 12.5. The van der Waals surface area contributed by atoms with Gasteiger partial charge in [-0.15, -0.1) is 0 Å². The molecule has 0 spiro atoms. The van der Waals surface area contributed by atoms with Crippen LogP contribution < -0.4 is 17.0 Å². The summed E-state index contributed by atoms with van der Waals surface area (Å²) in [4.78, 5) is 41.9. The second kappa shape index (κ2) is 4.98. The first-order valence-electron chi connectivity index (χ1n) is 6.34. The zero-order valence-corrected chi connectivity index (χ0v) is 11.6. The number of primary amides is 1. The molecule has 0 aliphatic carbocycles. The first kappa shape index (κ1) is 13.8. The number of rotatable bonds is 4. The summed E-state index contributed by atoms with van der Waals surface area (Å²) in [6.45, 7) is 1.44. The number of aryl methyl sites for hydroxylation is 1. The number of nitrogens with zero attached hydrogens (tertiary/aromatic N) is 4. The van der Waals surface area contributed by atoms with E-state index in [4.69, 9.17) is 10.3 Å². The number of imidazole rings is 1. The molecular weight excluding hydrogens is 292 g/mol. The minimum Gasteiger partial charge on any atom is -0.368 e. The van der Waals surface area contributed by atoms with Crippen molar-refractivity contribution in [1.29, 1.82) is 0 Å². The maximum absolute atomic E-state index is 12.5. The average Bonchev–Trinajstić information content (AvgIpc) is 3.01. The van der Waals surface area contributed by atoms with Crippen molar-refractivity contribution in [3.05, 3.63) is 44.7 Å². The Morgan fingerprint density at radius 3 is 2.86 bits per heavy atom. The topological polar surface area (TPSA) is 142 Å². The highest BCUT2D eigenvalue weighted by atomic mass is 16.5. The molecule has 10 heteroatoms. The summed E-state index contributed by atoms with van der Waals surface area (Å²) in [5, 5.41) is 3.75. The van der Waals surface area contributed by atoms with Gasteiger partial charge in [0.1, 0.15) is 18.0 Å². The first-order chi connectivity index (χ1) is 10.5. The zero-order chi connectivity index (χ0) is 15.9. The van der Waals surface area contributed by atoms with Gasteiger partial charge in [-0.1, -0.05) is 5.16 Å². The van der Waals surface area contributed by atoms with Crippen molar-refractivity contribution >= 4 is 17.1 Å². The van der Waals surface area contributed by atoms with Crippen molar-refractivity contribution in [2.75, 3.05) is 0 Å². The molecule has 0 unspecified atom stereocenters. The van der Waals surface area contributed by atoms with E-state index in [0.717, 1.165) is 4.57 Å². The van der Waals surface area contributed by atoms with Crippen LogP contribution in [0.4, 0.5) is 0 Å². The summed E-state index contributed by atoms with van der Waals surface area (Å²) in [6.07, 6.45) is 1.28. The third kappa shape index (κ3) is 2.30. The fourth-order valence-electron chi connectivity index (χ4n) is 2.17. The van der Waals surface area contributed by atoms with Gasteiger partial charge >= 0.3 is 5.69 Å². The molecule has 114 valence electrons. The number of carbonyl (C=O) groups is 1. The SMILES string of the molecule is Cc1cc(Cn2c(=O)[nH]c3ncn(CC(N)=O)c3c2=O)no1. The fraction of sp³-hybridized carbons (Fsp3) is 0.250. The lowest BCUT2D eigenvalue weighted by atomic mass is 10.3. The summed E-state index contributed by atoms with van der Waals surface area (Å²) in [6, 6.07) is 1.62. The van der Waals surface area contributed by atoms with Gasteiger partial charge in [-0.2, -0.15) is 0 Å². The van der Waals surface area contributed by atoms with E-state index in [2.05, 4.69) is 15.1 Å². The number of fused-ring (bicyclic) bond motifs is 1. The Balaban J connectivity index is 2.15. The molecule has 0 fully saturated rings. The molecule has 1 amide bonds. The number of nitrogens with one attached hydrogen (secondary N) is 1. The van der Waals surface area contributed by atoms with Crippen molar-refractivity contribution in [1.82, 2.24) is 24.3 Å². The first-order valence-corrected chi connectivity index (χ1v) is 6.34. The molecule has 3 rings (SSSR count). The molecule has 3 N–H and O–H groups in total. The summed E-state index contributed by atoms with van der Waals surface area (Å²) in [5.74, 6) is -0.0529. The van der Waals surface area contributed by atoms with Crippen molar-refractivity contribution in [3.63, 3.8) is 0 Å². The molecule has 0 bridgehead atoms. The molecule has 0 aliphatic heterocycles. The van der Waals surface area contributed by atoms with Crippen LogP contribution in [0.2, 0.25) is 0 Å². The highest BCUT2D eigenvalue weighted by molar-refractivity contribution is 5.77. The van der Waals surface area contributed by atoms with E-state index in [0.29, 0.717) is 11.5 Å². The van der Waals surface area contributed by atoms with Crippen LogP contribution in [0.15, 0.2) is 26.5 Å². The quantitative estimate of drug-likeness (QED) is 0.614. The van der Waals surface area contributed by atoms with Gasteiger partial charge in [0.05, 0.1) is 12.9 Å². The highest BCUT2D eigenvalue weighted by Gasteiger charge is 2.15. The van der Waals surface area contributed by atoms with E-state index in [1.165, 1.54) is 10.9 Å². The average molecular weight is 304 g/mol. The van der Waals surface area contributed by atoms with Crippen molar-refractivity contribution in [2.24, 2.45) is 5.73 Å². The van der Waals surface area contributed by atoms with Crippen LogP contribution in [0.25, 0.3) is 11.2 Å². The van der Waals surface area contributed by atoms with Gasteiger partial charge < -0.3 is 14.8 Å². The summed E-state index contributed by atoms with van der Waals surface area (Å²) in [7, 11) is 0. The number of carbonyl (C=O) groups excluding carboxylic acids is 1. The second-order valence-electron chi connectivity index (χ2n) is 4.79. The van der Waals surface area contributed by atoms with E-state index < -0.39 is 17.2 Å². The summed E-state index contributed by atoms with van der Waals surface area (Å²) in [5.41, 5.74) is 4.55. The van der Waals surface area contributed by atoms with Crippen LogP contribution in [-0.4, -0.2) is 30.2 Å². The molecule has 22 heavy (non-hydrogen) atoms. The normalized spacial score (nSPS) is 11.1. The monoisotopic (exact) mass is 304 g/mol. The van der Waals surface area contributed by atoms with E-state index >= 15 is 0 Å². The molecule has 0 saturated carbocycles. The molecule has 3 aromatic rings. The number of amides is 1. The van der Waals surface area contributed by atoms with Gasteiger partial charge in [-0.05, 0) is 6.92 Å². The van der Waals surface area contributed by atoms with Crippen LogP contribution in [-0.2, 0) is 17.9 Å². The van der Waals surface area contributed by atoms with Crippen LogP contribution >= 0.6 is 0 Å². The Bertz CT molecular complexity index is 976. The third-order valence-corrected chi connectivity index (χ3v) is 3.08. The van der Waals surface area contributed by atoms with Gasteiger partial charge in [0.25, 0.3) is 5.56 Å². The number of hydrogen-bond acceptors (Lipinski definition) is 6. The molecule has 0 radical (unpaired) electrons. The molecule has 0 aromatic carbocycles. The fourth-order valence-corrected chi connectivity index (χ4v) is 2.17. The Labute approximate surface area is 122 Å². The number of nitrogens with two attached hydrogens (primary N) is 1. The number of aromatic amines is 1. The number of aromatic nitrogens is 5. The van der Waals surface area contributed by atoms with Crippen molar-refractivity contribution in [3.8, 4) is 0 Å². The predicted octanol–water partition coefficient (Wildman–Crippen LogP) is -1.28.